The Morgan fingerprint density at radius 1 is 1.43 bits per heavy atom. The molecule has 1 aliphatic carbocycles. The highest BCUT2D eigenvalue weighted by molar-refractivity contribution is 5.02. The molecule has 0 spiro atoms. The van der Waals surface area contributed by atoms with Crippen molar-refractivity contribution in [2.75, 3.05) is 0 Å². The lowest BCUT2D eigenvalue weighted by atomic mass is 9.62. The third kappa shape index (κ3) is 2.27. The minimum absolute atomic E-state index is 0.164. The molecule has 0 radical (unpaired) electrons. The van der Waals surface area contributed by atoms with E-state index in [2.05, 4.69) is 26.8 Å². The molecule has 3 atom stereocenters. The van der Waals surface area contributed by atoms with Crippen LogP contribution >= 0.6 is 0 Å². The van der Waals surface area contributed by atoms with Gasteiger partial charge in [-0.15, -0.1) is 0 Å². The highest BCUT2D eigenvalue weighted by Crippen LogP contribution is 2.46. The van der Waals surface area contributed by atoms with Crippen molar-refractivity contribution in [1.82, 2.24) is 0 Å². The van der Waals surface area contributed by atoms with Gasteiger partial charge in [-0.3, -0.25) is 0 Å². The van der Waals surface area contributed by atoms with Crippen LogP contribution in [0.25, 0.3) is 0 Å². The molecular formula is C12H21NO. The molecule has 0 saturated heterocycles. The molecule has 2 heteroatoms. The first-order valence-electron chi connectivity index (χ1n) is 5.41. The van der Waals surface area contributed by atoms with Crippen molar-refractivity contribution in [2.24, 2.45) is 17.3 Å². The minimum Gasteiger partial charge on any atom is -0.389 e. The van der Waals surface area contributed by atoms with E-state index in [4.69, 9.17) is 5.26 Å². The smallest absolute Gasteiger partial charge is 0.0810 e. The lowest BCUT2D eigenvalue weighted by molar-refractivity contribution is -0.0804. The lowest BCUT2D eigenvalue weighted by Crippen LogP contribution is -2.46. The zero-order valence-corrected chi connectivity index (χ0v) is 9.67. The van der Waals surface area contributed by atoms with E-state index < -0.39 is 5.60 Å². The third-order valence-corrected chi connectivity index (χ3v) is 3.39. The van der Waals surface area contributed by atoms with Crippen LogP contribution in [0.3, 0.4) is 0 Å². The van der Waals surface area contributed by atoms with Gasteiger partial charge in [0.25, 0.3) is 0 Å². The molecule has 1 saturated carbocycles. The van der Waals surface area contributed by atoms with Crippen molar-refractivity contribution in [2.45, 2.75) is 52.6 Å². The summed E-state index contributed by atoms with van der Waals surface area (Å²) in [4.78, 5) is 0. The molecular weight excluding hydrogens is 174 g/mol. The Kier molecular flexibility index (Phi) is 2.92. The fraction of sp³-hybridized carbons (Fsp3) is 0.917. The summed E-state index contributed by atoms with van der Waals surface area (Å²) in [5.74, 6) is 0.254. The molecule has 1 rings (SSSR count). The van der Waals surface area contributed by atoms with E-state index >= 15 is 0 Å². The first-order chi connectivity index (χ1) is 6.29. The van der Waals surface area contributed by atoms with Crippen LogP contribution in [0.1, 0.15) is 47.0 Å². The fourth-order valence-electron chi connectivity index (χ4n) is 3.04. The number of rotatable bonds is 1. The Hall–Kier alpha value is -0.550. The molecule has 0 bridgehead atoms. The molecule has 1 fully saturated rings. The predicted octanol–water partition coefficient (Wildman–Crippen LogP) is 2.72. The van der Waals surface area contributed by atoms with Crippen molar-refractivity contribution < 1.29 is 5.11 Å². The Labute approximate surface area is 86.9 Å². The number of hydrogen-bond acceptors (Lipinski definition) is 2. The average molecular weight is 195 g/mol. The summed E-state index contributed by atoms with van der Waals surface area (Å²) in [5, 5.41) is 19.3. The summed E-state index contributed by atoms with van der Waals surface area (Å²) in [6.07, 6.45) is 2.66. The van der Waals surface area contributed by atoms with E-state index in [0.717, 1.165) is 19.3 Å². The van der Waals surface area contributed by atoms with Crippen LogP contribution in [-0.4, -0.2) is 10.7 Å². The normalized spacial score (nSPS) is 38.7. The SMILES string of the molecule is CC1CC(C)(C)CC(O)(C(C)C#N)C1. The van der Waals surface area contributed by atoms with Crippen molar-refractivity contribution in [3.63, 3.8) is 0 Å². The van der Waals surface area contributed by atoms with Gasteiger partial charge in [-0.05, 0) is 37.5 Å². The van der Waals surface area contributed by atoms with Crippen LogP contribution in [0.5, 0.6) is 0 Å². The van der Waals surface area contributed by atoms with Crippen molar-refractivity contribution in [3.8, 4) is 6.07 Å². The molecule has 0 heterocycles. The zero-order valence-electron chi connectivity index (χ0n) is 9.67. The van der Waals surface area contributed by atoms with Gasteiger partial charge in [0.15, 0.2) is 0 Å². The molecule has 0 amide bonds. The van der Waals surface area contributed by atoms with Gasteiger partial charge in [0.2, 0.25) is 0 Å². The number of aliphatic hydroxyl groups is 1. The molecule has 14 heavy (non-hydrogen) atoms. The highest BCUT2D eigenvalue weighted by Gasteiger charge is 2.44. The molecule has 0 aromatic rings. The van der Waals surface area contributed by atoms with Gasteiger partial charge >= 0.3 is 0 Å². The summed E-state index contributed by atoms with van der Waals surface area (Å²) in [7, 11) is 0. The van der Waals surface area contributed by atoms with Gasteiger partial charge in [0.1, 0.15) is 0 Å². The monoisotopic (exact) mass is 195 g/mol. The van der Waals surface area contributed by atoms with E-state index in [9.17, 15) is 5.11 Å². The van der Waals surface area contributed by atoms with Crippen LogP contribution in [0.2, 0.25) is 0 Å². The zero-order chi connectivity index (χ0) is 11.0. The van der Waals surface area contributed by atoms with Crippen LogP contribution in [0.15, 0.2) is 0 Å². The van der Waals surface area contributed by atoms with E-state index in [1.54, 1.807) is 0 Å². The maximum absolute atomic E-state index is 10.4. The van der Waals surface area contributed by atoms with Crippen LogP contribution in [-0.2, 0) is 0 Å². The summed E-state index contributed by atoms with van der Waals surface area (Å²) in [6.45, 7) is 8.35. The van der Waals surface area contributed by atoms with Crippen LogP contribution in [0.4, 0.5) is 0 Å². The second kappa shape index (κ2) is 3.55. The van der Waals surface area contributed by atoms with Crippen LogP contribution in [0, 0.1) is 28.6 Å². The van der Waals surface area contributed by atoms with Gasteiger partial charge in [-0.1, -0.05) is 20.8 Å². The quantitative estimate of drug-likeness (QED) is 0.699. The van der Waals surface area contributed by atoms with Crippen molar-refractivity contribution >= 4 is 0 Å². The van der Waals surface area contributed by atoms with Crippen molar-refractivity contribution in [3.05, 3.63) is 0 Å². The third-order valence-electron chi connectivity index (χ3n) is 3.39. The summed E-state index contributed by atoms with van der Waals surface area (Å²) in [6, 6.07) is 2.18. The van der Waals surface area contributed by atoms with Crippen LogP contribution < -0.4 is 0 Å². The standard InChI is InChI=1S/C12H21NO/c1-9-5-11(3,4)8-12(14,6-9)10(2)7-13/h9-10,14H,5-6,8H2,1-4H3. The molecule has 0 aromatic carbocycles. The number of nitriles is 1. The first-order valence-corrected chi connectivity index (χ1v) is 5.41. The van der Waals surface area contributed by atoms with E-state index in [1.807, 2.05) is 6.92 Å². The molecule has 0 aromatic heterocycles. The second-order valence-corrected chi connectivity index (χ2v) is 5.81. The van der Waals surface area contributed by atoms with Gasteiger partial charge in [-0.25, -0.2) is 0 Å². The maximum atomic E-state index is 10.4. The Morgan fingerprint density at radius 2 is 2.00 bits per heavy atom. The number of hydrogen-bond donors (Lipinski definition) is 1. The molecule has 1 N–H and O–H groups in total. The van der Waals surface area contributed by atoms with E-state index in [-0.39, 0.29) is 11.3 Å². The Morgan fingerprint density at radius 3 is 2.43 bits per heavy atom. The summed E-state index contributed by atoms with van der Waals surface area (Å²) < 4.78 is 0. The van der Waals surface area contributed by atoms with E-state index in [0.29, 0.717) is 5.92 Å². The molecule has 1 aliphatic rings. The number of nitrogens with zero attached hydrogens (tertiary/aromatic N) is 1. The average Bonchev–Trinajstić information content (AvgIpc) is 1.98. The maximum Gasteiger partial charge on any atom is 0.0810 e. The summed E-state index contributed by atoms with van der Waals surface area (Å²) in [5.41, 5.74) is -0.604. The molecule has 0 aliphatic heterocycles. The first kappa shape index (κ1) is 11.5. The Bertz CT molecular complexity index is 254. The Balaban J connectivity index is 2.85. The van der Waals surface area contributed by atoms with Gasteiger partial charge < -0.3 is 5.11 Å². The lowest BCUT2D eigenvalue weighted by Gasteiger charge is -2.45. The van der Waals surface area contributed by atoms with Crippen molar-refractivity contribution in [1.29, 1.82) is 5.26 Å². The largest absolute Gasteiger partial charge is 0.389 e. The highest BCUT2D eigenvalue weighted by atomic mass is 16.3. The second-order valence-electron chi connectivity index (χ2n) is 5.81. The summed E-state index contributed by atoms with van der Waals surface area (Å²) >= 11 is 0. The topological polar surface area (TPSA) is 44.0 Å². The molecule has 80 valence electrons. The minimum atomic E-state index is -0.768. The fourth-order valence-corrected chi connectivity index (χ4v) is 3.04. The molecule has 2 nitrogen and oxygen atoms in total. The predicted molar refractivity (Wildman–Crippen MR) is 56.5 cm³/mol. The van der Waals surface area contributed by atoms with Gasteiger partial charge in [0, 0.05) is 0 Å². The van der Waals surface area contributed by atoms with E-state index in [1.165, 1.54) is 0 Å². The van der Waals surface area contributed by atoms with Gasteiger partial charge in [-0.2, -0.15) is 5.26 Å². The molecule has 3 unspecified atom stereocenters. The van der Waals surface area contributed by atoms with Gasteiger partial charge in [0.05, 0.1) is 17.6 Å².